The van der Waals surface area contributed by atoms with Crippen LogP contribution in [-0.4, -0.2) is 36.2 Å². The van der Waals surface area contributed by atoms with Crippen LogP contribution in [0.15, 0.2) is 53.4 Å². The molecule has 0 radical (unpaired) electrons. The molecule has 2 aromatic rings. The highest BCUT2D eigenvalue weighted by atomic mass is 32.2. The van der Waals surface area contributed by atoms with E-state index in [9.17, 15) is 14.4 Å². The first kappa shape index (κ1) is 22.0. The van der Waals surface area contributed by atoms with Crippen molar-refractivity contribution >= 4 is 35.2 Å². The fourth-order valence-corrected chi connectivity index (χ4v) is 3.05. The van der Waals surface area contributed by atoms with Crippen molar-refractivity contribution in [2.24, 2.45) is 0 Å². The lowest BCUT2D eigenvalue weighted by molar-refractivity contribution is -0.148. The Labute approximate surface area is 173 Å². The SMILES string of the molecule is Cc1cccc(C(=O)N[C@@H](C)C(=O)OCC(=O)Nc2ccccc2SCC#N)c1. The Morgan fingerprint density at radius 3 is 2.66 bits per heavy atom. The van der Waals surface area contributed by atoms with E-state index < -0.39 is 30.4 Å². The quantitative estimate of drug-likeness (QED) is 0.511. The molecule has 0 aliphatic rings. The molecule has 0 bridgehead atoms. The lowest BCUT2D eigenvalue weighted by atomic mass is 10.1. The summed E-state index contributed by atoms with van der Waals surface area (Å²) in [6.45, 7) is 2.87. The second-order valence-electron chi connectivity index (χ2n) is 6.16. The van der Waals surface area contributed by atoms with Gasteiger partial charge in [-0.05, 0) is 38.1 Å². The summed E-state index contributed by atoms with van der Waals surface area (Å²) in [4.78, 5) is 37.1. The number of benzene rings is 2. The number of carbonyl (C=O) groups is 3. The molecule has 0 unspecified atom stereocenters. The Morgan fingerprint density at radius 2 is 1.93 bits per heavy atom. The van der Waals surface area contributed by atoms with Gasteiger partial charge in [0.25, 0.3) is 11.8 Å². The fourth-order valence-electron chi connectivity index (χ4n) is 2.38. The Morgan fingerprint density at radius 1 is 1.17 bits per heavy atom. The smallest absolute Gasteiger partial charge is 0.328 e. The third-order valence-corrected chi connectivity index (χ3v) is 4.72. The van der Waals surface area contributed by atoms with Gasteiger partial charge < -0.3 is 15.4 Å². The molecular formula is C21H21N3O4S. The van der Waals surface area contributed by atoms with E-state index in [-0.39, 0.29) is 5.75 Å². The van der Waals surface area contributed by atoms with Crippen molar-refractivity contribution in [3.63, 3.8) is 0 Å². The van der Waals surface area contributed by atoms with Crippen LogP contribution < -0.4 is 10.6 Å². The molecule has 0 saturated heterocycles. The summed E-state index contributed by atoms with van der Waals surface area (Å²) in [5.41, 5.74) is 1.90. The summed E-state index contributed by atoms with van der Waals surface area (Å²) < 4.78 is 4.99. The first-order valence-electron chi connectivity index (χ1n) is 8.83. The lowest BCUT2D eigenvalue weighted by Gasteiger charge is -2.14. The molecule has 29 heavy (non-hydrogen) atoms. The molecule has 0 saturated carbocycles. The van der Waals surface area contributed by atoms with E-state index in [0.717, 1.165) is 10.5 Å². The highest BCUT2D eigenvalue weighted by Gasteiger charge is 2.19. The number of hydrogen-bond acceptors (Lipinski definition) is 6. The van der Waals surface area contributed by atoms with Crippen molar-refractivity contribution < 1.29 is 19.1 Å². The predicted octanol–water partition coefficient (Wildman–Crippen LogP) is 2.91. The van der Waals surface area contributed by atoms with Gasteiger partial charge in [-0.2, -0.15) is 5.26 Å². The summed E-state index contributed by atoms with van der Waals surface area (Å²) in [7, 11) is 0. The monoisotopic (exact) mass is 411 g/mol. The van der Waals surface area contributed by atoms with Gasteiger partial charge in [-0.1, -0.05) is 29.8 Å². The van der Waals surface area contributed by atoms with Gasteiger partial charge in [0.2, 0.25) is 0 Å². The van der Waals surface area contributed by atoms with Crippen LogP contribution >= 0.6 is 11.8 Å². The Balaban J connectivity index is 1.84. The molecule has 7 nitrogen and oxygen atoms in total. The molecule has 2 aromatic carbocycles. The first-order chi connectivity index (χ1) is 13.9. The summed E-state index contributed by atoms with van der Waals surface area (Å²) in [6, 6.07) is 15.1. The number of nitriles is 1. The number of nitrogens with zero attached hydrogens (tertiary/aromatic N) is 1. The molecule has 8 heteroatoms. The highest BCUT2D eigenvalue weighted by Crippen LogP contribution is 2.26. The number of esters is 1. The van der Waals surface area contributed by atoms with Crippen LogP contribution in [0.3, 0.4) is 0 Å². The molecule has 150 valence electrons. The van der Waals surface area contributed by atoms with E-state index in [1.807, 2.05) is 19.1 Å². The van der Waals surface area contributed by atoms with E-state index in [1.54, 1.807) is 42.5 Å². The van der Waals surface area contributed by atoms with Crippen LogP contribution in [0.5, 0.6) is 0 Å². The molecule has 1 atom stereocenters. The molecule has 0 spiro atoms. The standard InChI is InChI=1S/C21H21N3O4S/c1-14-6-5-7-16(12-14)20(26)23-15(2)21(27)28-13-19(25)24-17-8-3-4-9-18(17)29-11-10-22/h3-9,12,15H,11,13H2,1-2H3,(H,23,26)(H,24,25)/t15-/m0/s1. The van der Waals surface area contributed by atoms with Gasteiger partial charge in [0.05, 0.1) is 17.5 Å². The minimum Gasteiger partial charge on any atom is -0.454 e. The minimum atomic E-state index is -0.908. The largest absolute Gasteiger partial charge is 0.454 e. The van der Waals surface area contributed by atoms with E-state index >= 15 is 0 Å². The fraction of sp³-hybridized carbons (Fsp3) is 0.238. The topological polar surface area (TPSA) is 108 Å². The molecule has 2 rings (SSSR count). The number of rotatable bonds is 8. The summed E-state index contributed by atoms with van der Waals surface area (Å²) in [6.07, 6.45) is 0. The number of amides is 2. The van der Waals surface area contributed by atoms with E-state index in [2.05, 4.69) is 10.6 Å². The van der Waals surface area contributed by atoms with Gasteiger partial charge >= 0.3 is 5.97 Å². The van der Waals surface area contributed by atoms with Crippen LogP contribution in [0.4, 0.5) is 5.69 Å². The van der Waals surface area contributed by atoms with Crippen molar-refractivity contribution in [1.29, 1.82) is 5.26 Å². The lowest BCUT2D eigenvalue weighted by Crippen LogP contribution is -2.40. The zero-order valence-electron chi connectivity index (χ0n) is 16.1. The normalized spacial score (nSPS) is 11.1. The minimum absolute atomic E-state index is 0.250. The average Bonchev–Trinajstić information content (AvgIpc) is 2.71. The van der Waals surface area contributed by atoms with Crippen LogP contribution in [0.25, 0.3) is 0 Å². The Kier molecular flexibility index (Phi) is 8.25. The third-order valence-electron chi connectivity index (χ3n) is 3.78. The maximum Gasteiger partial charge on any atom is 0.328 e. The number of anilines is 1. The third kappa shape index (κ3) is 6.97. The highest BCUT2D eigenvalue weighted by molar-refractivity contribution is 7.99. The number of aryl methyl sites for hydroxylation is 1. The second kappa shape index (κ2) is 10.9. The van der Waals surface area contributed by atoms with E-state index in [0.29, 0.717) is 11.3 Å². The Bertz CT molecular complexity index is 940. The summed E-state index contributed by atoms with van der Waals surface area (Å²) in [5.74, 6) is -1.38. The number of carbonyl (C=O) groups excluding carboxylic acids is 3. The van der Waals surface area contributed by atoms with Gasteiger partial charge in [-0.15, -0.1) is 11.8 Å². The molecular weight excluding hydrogens is 390 g/mol. The van der Waals surface area contributed by atoms with Gasteiger partial charge in [0, 0.05) is 10.5 Å². The molecule has 0 aliphatic carbocycles. The van der Waals surface area contributed by atoms with Crippen molar-refractivity contribution in [3.05, 3.63) is 59.7 Å². The van der Waals surface area contributed by atoms with Crippen molar-refractivity contribution in [1.82, 2.24) is 5.32 Å². The van der Waals surface area contributed by atoms with Gasteiger partial charge in [0.15, 0.2) is 6.61 Å². The molecule has 2 amide bonds. The maximum atomic E-state index is 12.2. The van der Waals surface area contributed by atoms with Crippen LogP contribution in [0.2, 0.25) is 0 Å². The summed E-state index contributed by atoms with van der Waals surface area (Å²) in [5, 5.41) is 13.9. The van der Waals surface area contributed by atoms with E-state index in [1.165, 1.54) is 18.7 Å². The number of para-hydroxylation sites is 1. The summed E-state index contributed by atoms with van der Waals surface area (Å²) >= 11 is 1.29. The van der Waals surface area contributed by atoms with Crippen LogP contribution in [0, 0.1) is 18.3 Å². The van der Waals surface area contributed by atoms with Crippen LogP contribution in [-0.2, 0) is 14.3 Å². The first-order valence-corrected chi connectivity index (χ1v) is 9.82. The molecule has 0 fully saturated rings. The maximum absolute atomic E-state index is 12.2. The zero-order chi connectivity index (χ0) is 21.2. The van der Waals surface area contributed by atoms with Crippen LogP contribution in [0.1, 0.15) is 22.8 Å². The van der Waals surface area contributed by atoms with Crippen molar-refractivity contribution in [2.75, 3.05) is 17.7 Å². The Hall–Kier alpha value is -3.31. The van der Waals surface area contributed by atoms with Gasteiger partial charge in [-0.3, -0.25) is 9.59 Å². The number of thioether (sulfide) groups is 1. The molecule has 0 aliphatic heterocycles. The average molecular weight is 411 g/mol. The predicted molar refractivity (Wildman–Crippen MR) is 110 cm³/mol. The molecule has 0 heterocycles. The van der Waals surface area contributed by atoms with Crippen molar-refractivity contribution in [2.45, 2.75) is 24.8 Å². The molecule has 2 N–H and O–H groups in total. The molecule has 0 aromatic heterocycles. The van der Waals surface area contributed by atoms with Gasteiger partial charge in [-0.25, -0.2) is 4.79 Å². The number of ether oxygens (including phenoxy) is 1. The number of nitrogens with one attached hydrogen (secondary N) is 2. The van der Waals surface area contributed by atoms with Crippen molar-refractivity contribution in [3.8, 4) is 6.07 Å². The zero-order valence-corrected chi connectivity index (χ0v) is 16.9. The second-order valence-corrected chi connectivity index (χ2v) is 7.18. The van der Waals surface area contributed by atoms with Gasteiger partial charge in [0.1, 0.15) is 6.04 Å². The number of hydrogen-bond donors (Lipinski definition) is 2. The van der Waals surface area contributed by atoms with E-state index in [4.69, 9.17) is 10.00 Å².